The molecular weight excluding hydrogens is 554 g/mol. The van der Waals surface area contributed by atoms with Gasteiger partial charge in [0.25, 0.3) is 11.8 Å². The third-order valence-corrected chi connectivity index (χ3v) is 7.09. The predicted octanol–water partition coefficient (Wildman–Crippen LogP) is 5.05. The lowest BCUT2D eigenvalue weighted by Gasteiger charge is -2.39. The summed E-state index contributed by atoms with van der Waals surface area (Å²) in [5.41, 5.74) is -0.187. The Kier molecular flexibility index (Phi) is 8.61. The second-order valence-corrected chi connectivity index (χ2v) is 9.91. The molecule has 0 spiro atoms. The zero-order chi connectivity index (χ0) is 29.3. The first-order valence-electron chi connectivity index (χ1n) is 12.8. The molecular formula is C30H27F4N5O3. The van der Waals surface area contributed by atoms with Crippen LogP contribution in [0.25, 0.3) is 0 Å². The van der Waals surface area contributed by atoms with E-state index in [2.05, 4.69) is 10.3 Å². The van der Waals surface area contributed by atoms with E-state index in [9.17, 15) is 32.8 Å². The number of nitrogens with one attached hydrogen (secondary N) is 1. The van der Waals surface area contributed by atoms with Gasteiger partial charge in [-0.3, -0.25) is 24.2 Å². The third-order valence-electron chi connectivity index (χ3n) is 7.09. The van der Waals surface area contributed by atoms with Crippen molar-refractivity contribution in [3.05, 3.63) is 89.6 Å². The van der Waals surface area contributed by atoms with Crippen molar-refractivity contribution in [3.63, 3.8) is 0 Å². The zero-order valence-electron chi connectivity index (χ0n) is 21.4. The summed E-state index contributed by atoms with van der Waals surface area (Å²) < 4.78 is 56.8. The van der Waals surface area contributed by atoms with Gasteiger partial charge in [-0.25, -0.2) is 22.5 Å². The molecule has 1 N–H and O–H groups in total. The van der Waals surface area contributed by atoms with Crippen molar-refractivity contribution >= 4 is 29.2 Å². The van der Waals surface area contributed by atoms with Crippen LogP contribution in [0.1, 0.15) is 50.3 Å². The number of halogens is 4. The van der Waals surface area contributed by atoms with Gasteiger partial charge in [0.05, 0.1) is 11.6 Å². The number of amides is 3. The number of pyridine rings is 1. The topological polar surface area (TPSA) is 106 Å². The smallest absolute Gasteiger partial charge is 0.252 e. The molecule has 5 rings (SSSR count). The molecule has 1 aliphatic heterocycles. The summed E-state index contributed by atoms with van der Waals surface area (Å²) in [6.07, 6.45) is -0.0256. The maximum atomic E-state index is 15.2. The van der Waals surface area contributed by atoms with Gasteiger partial charge < -0.3 is 5.32 Å². The Bertz CT molecular complexity index is 1550. The Morgan fingerprint density at radius 3 is 2.50 bits per heavy atom. The summed E-state index contributed by atoms with van der Waals surface area (Å²) in [4.78, 5) is 47.1. The first-order valence-corrected chi connectivity index (χ1v) is 12.8. The van der Waals surface area contributed by atoms with Gasteiger partial charge >= 0.3 is 0 Å². The van der Waals surface area contributed by atoms with Crippen molar-refractivity contribution in [2.45, 2.75) is 57.2 Å². The first kappa shape index (κ1) is 30.2. The predicted molar refractivity (Wildman–Crippen MR) is 145 cm³/mol. The molecule has 3 aromatic rings. The minimum atomic E-state index is -2.96. The Labute approximate surface area is 239 Å². The largest absolute Gasteiger partial charge is 0.351 e. The van der Waals surface area contributed by atoms with Gasteiger partial charge in [-0.2, -0.15) is 5.26 Å². The van der Waals surface area contributed by atoms with Gasteiger partial charge in [0.2, 0.25) is 11.8 Å². The summed E-state index contributed by atoms with van der Waals surface area (Å²) in [5, 5.41) is 11.8. The minimum Gasteiger partial charge on any atom is -0.351 e. The monoisotopic (exact) mass is 581 g/mol. The lowest BCUT2D eigenvalue weighted by molar-refractivity contribution is -0.133. The summed E-state index contributed by atoms with van der Waals surface area (Å²) in [6.45, 7) is 0. The quantitative estimate of drug-likeness (QED) is 0.393. The van der Waals surface area contributed by atoms with Crippen molar-refractivity contribution < 1.29 is 31.9 Å². The number of alkyl halides is 2. The number of hydrogen-bond acceptors (Lipinski definition) is 5. The minimum absolute atomic E-state index is 0. The summed E-state index contributed by atoms with van der Waals surface area (Å²) in [7, 11) is 0. The highest BCUT2D eigenvalue weighted by Crippen LogP contribution is 2.39. The molecule has 218 valence electrons. The standard InChI is InChI=1S/C29H23F4N5O3.CH4/c30-18-4-3-5-20(13-18)37(28(41)23-8-9-25(39)38(23)24-12-17(16-34)10-11-35-24)26(21-6-1-2-7-22(21)31)27(40)36-19-14-29(32,33)15-19;/h1-7,10-13,19,23,26H,8-9,14-15H2,(H,36,40);1H4/t23-,26-;/m0./s1. The van der Waals surface area contributed by atoms with Crippen LogP contribution in [-0.4, -0.2) is 40.7 Å². The van der Waals surface area contributed by atoms with Gasteiger partial charge in [-0.15, -0.1) is 0 Å². The van der Waals surface area contributed by atoms with E-state index in [1.54, 1.807) is 0 Å². The lowest BCUT2D eigenvalue weighted by Crippen LogP contribution is -2.56. The highest BCUT2D eigenvalue weighted by Gasteiger charge is 2.48. The average Bonchev–Trinajstić information content (AvgIpc) is 3.32. The molecule has 2 heterocycles. The number of carbonyl (C=O) groups is 3. The number of aromatic nitrogens is 1. The van der Waals surface area contributed by atoms with E-state index >= 15 is 4.39 Å². The van der Waals surface area contributed by atoms with Crippen LogP contribution in [0.3, 0.4) is 0 Å². The third kappa shape index (κ3) is 5.95. The molecule has 1 saturated carbocycles. The van der Waals surface area contributed by atoms with E-state index in [1.165, 1.54) is 48.7 Å². The maximum Gasteiger partial charge on any atom is 0.252 e. The van der Waals surface area contributed by atoms with Crippen LogP contribution >= 0.6 is 0 Å². The number of anilines is 2. The molecule has 0 unspecified atom stereocenters. The molecule has 2 atom stereocenters. The number of benzene rings is 2. The molecule has 3 amide bonds. The molecule has 2 aliphatic rings. The number of carbonyl (C=O) groups excluding carboxylic acids is 3. The van der Waals surface area contributed by atoms with Crippen LogP contribution in [0.4, 0.5) is 29.1 Å². The van der Waals surface area contributed by atoms with E-state index in [-0.39, 0.29) is 42.9 Å². The Hall–Kier alpha value is -4.79. The van der Waals surface area contributed by atoms with E-state index in [0.29, 0.717) is 0 Å². The molecule has 42 heavy (non-hydrogen) atoms. The van der Waals surface area contributed by atoms with E-state index in [0.717, 1.165) is 28.0 Å². The molecule has 1 aliphatic carbocycles. The molecule has 12 heteroatoms. The first-order chi connectivity index (χ1) is 19.6. The zero-order valence-corrected chi connectivity index (χ0v) is 21.4. The van der Waals surface area contributed by atoms with Gasteiger partial charge in [0, 0.05) is 42.8 Å². The maximum absolute atomic E-state index is 15.2. The Morgan fingerprint density at radius 1 is 1.10 bits per heavy atom. The van der Waals surface area contributed by atoms with E-state index in [4.69, 9.17) is 0 Å². The van der Waals surface area contributed by atoms with Crippen molar-refractivity contribution in [2.24, 2.45) is 0 Å². The Morgan fingerprint density at radius 2 is 1.83 bits per heavy atom. The molecule has 0 bridgehead atoms. The SMILES string of the molecule is C.N#Cc1ccnc(N2C(=O)CC[C@H]2C(=O)N(c2cccc(F)c2)[C@H](C(=O)NC2CC(F)(F)C2)c2ccccc2F)c1. The highest BCUT2D eigenvalue weighted by molar-refractivity contribution is 6.10. The summed E-state index contributed by atoms with van der Waals surface area (Å²) in [6, 6.07) is 10.7. The normalized spacial score (nSPS) is 18.3. The van der Waals surface area contributed by atoms with Crippen LogP contribution in [-0.2, 0) is 14.4 Å². The van der Waals surface area contributed by atoms with Gasteiger partial charge in [-0.05, 0) is 42.8 Å². The fraction of sp³-hybridized carbons (Fsp3) is 0.300. The number of nitriles is 1. The number of hydrogen-bond donors (Lipinski definition) is 1. The number of nitrogens with zero attached hydrogens (tertiary/aromatic N) is 4. The molecule has 1 aromatic heterocycles. The van der Waals surface area contributed by atoms with Gasteiger partial charge in [0.1, 0.15) is 29.5 Å². The van der Waals surface area contributed by atoms with Crippen LogP contribution in [0.2, 0.25) is 0 Å². The summed E-state index contributed by atoms with van der Waals surface area (Å²) >= 11 is 0. The van der Waals surface area contributed by atoms with Gasteiger partial charge in [-0.1, -0.05) is 31.7 Å². The molecule has 2 fully saturated rings. The molecule has 8 nitrogen and oxygen atoms in total. The van der Waals surface area contributed by atoms with Crippen molar-refractivity contribution in [3.8, 4) is 6.07 Å². The van der Waals surface area contributed by atoms with Crippen LogP contribution in [0, 0.1) is 23.0 Å². The van der Waals surface area contributed by atoms with Crippen molar-refractivity contribution in [1.82, 2.24) is 10.3 Å². The molecule has 2 aromatic carbocycles. The lowest BCUT2D eigenvalue weighted by atomic mass is 9.87. The van der Waals surface area contributed by atoms with Gasteiger partial charge in [0.15, 0.2) is 0 Å². The Balaban J connectivity index is 0.00000405. The number of rotatable bonds is 7. The van der Waals surface area contributed by atoms with E-state index < -0.39 is 66.2 Å². The van der Waals surface area contributed by atoms with E-state index in [1.807, 2.05) is 6.07 Å². The average molecular weight is 582 g/mol. The highest BCUT2D eigenvalue weighted by atomic mass is 19.3. The van der Waals surface area contributed by atoms with Crippen LogP contribution in [0.15, 0.2) is 66.9 Å². The van der Waals surface area contributed by atoms with Crippen molar-refractivity contribution in [2.75, 3.05) is 9.80 Å². The second kappa shape index (κ2) is 12.0. The fourth-order valence-corrected chi connectivity index (χ4v) is 5.15. The van der Waals surface area contributed by atoms with Crippen LogP contribution in [0.5, 0.6) is 0 Å². The fourth-order valence-electron chi connectivity index (χ4n) is 5.15. The van der Waals surface area contributed by atoms with Crippen molar-refractivity contribution in [1.29, 1.82) is 5.26 Å². The molecule has 1 saturated heterocycles. The molecule has 0 radical (unpaired) electrons. The second-order valence-electron chi connectivity index (χ2n) is 9.91. The van der Waals surface area contributed by atoms with Crippen LogP contribution < -0.4 is 15.1 Å². The summed E-state index contributed by atoms with van der Waals surface area (Å²) in [5.74, 6) is -6.83.